The fourth-order valence-electron chi connectivity index (χ4n) is 3.06. The molecule has 0 aliphatic carbocycles. The van der Waals surface area contributed by atoms with E-state index in [0.29, 0.717) is 6.61 Å². The van der Waals surface area contributed by atoms with Crippen molar-refractivity contribution >= 4 is 12.6 Å². The predicted octanol–water partition coefficient (Wildman–Crippen LogP) is 4.18. The molecule has 0 unspecified atom stereocenters. The van der Waals surface area contributed by atoms with Crippen LogP contribution in [0.1, 0.15) is 44.4 Å². The molecule has 0 radical (unpaired) electrons. The molecule has 1 fully saturated rings. The second-order valence-electron chi connectivity index (χ2n) is 7.85. The van der Waals surface area contributed by atoms with E-state index in [2.05, 4.69) is 65.8 Å². The number of benzene rings is 2. The maximum atomic E-state index is 6.17. The lowest BCUT2D eigenvalue weighted by Crippen LogP contribution is -2.41. The molecule has 3 nitrogen and oxygen atoms in total. The van der Waals surface area contributed by atoms with Crippen LogP contribution in [0.2, 0.25) is 0 Å². The Kier molecular flexibility index (Phi) is 4.69. The van der Waals surface area contributed by atoms with Crippen molar-refractivity contribution < 1.29 is 14.0 Å². The summed E-state index contributed by atoms with van der Waals surface area (Å²) in [4.78, 5) is 0. The molecule has 0 N–H and O–H groups in total. The van der Waals surface area contributed by atoms with Gasteiger partial charge in [0, 0.05) is 0 Å². The number of hydrogen-bond donors (Lipinski definition) is 0. The van der Waals surface area contributed by atoms with E-state index in [1.165, 1.54) is 0 Å². The van der Waals surface area contributed by atoms with Crippen LogP contribution >= 0.6 is 0 Å². The van der Waals surface area contributed by atoms with Crippen molar-refractivity contribution in [2.75, 3.05) is 0 Å². The van der Waals surface area contributed by atoms with Gasteiger partial charge in [0.2, 0.25) is 0 Å². The van der Waals surface area contributed by atoms with E-state index < -0.39 is 0 Å². The van der Waals surface area contributed by atoms with Gasteiger partial charge in [-0.2, -0.15) is 0 Å². The minimum atomic E-state index is -0.342. The van der Waals surface area contributed by atoms with Crippen LogP contribution in [0.4, 0.5) is 0 Å². The molecule has 2 aromatic carbocycles. The summed E-state index contributed by atoms with van der Waals surface area (Å²) in [7, 11) is -0.342. The lowest BCUT2D eigenvalue weighted by atomic mass is 9.77. The van der Waals surface area contributed by atoms with Gasteiger partial charge in [-0.15, -0.1) is 0 Å². The van der Waals surface area contributed by atoms with Gasteiger partial charge in [0.15, 0.2) is 0 Å². The summed E-state index contributed by atoms with van der Waals surface area (Å²) in [6.07, 6.45) is 0. The fraction of sp³-hybridized carbons (Fsp3) is 0.429. The van der Waals surface area contributed by atoms with Gasteiger partial charge in [-0.3, -0.25) is 0 Å². The summed E-state index contributed by atoms with van der Waals surface area (Å²) in [6.45, 7) is 13.0. The number of rotatable bonds is 4. The Morgan fingerprint density at radius 1 is 0.880 bits per heavy atom. The lowest BCUT2D eigenvalue weighted by Gasteiger charge is -2.32. The van der Waals surface area contributed by atoms with E-state index >= 15 is 0 Å². The molecule has 3 rings (SSSR count). The molecule has 132 valence electrons. The average molecular weight is 338 g/mol. The third-order valence-electron chi connectivity index (χ3n) is 5.23. The molecule has 0 amide bonds. The minimum Gasteiger partial charge on any atom is -0.488 e. The van der Waals surface area contributed by atoms with Crippen molar-refractivity contribution in [2.24, 2.45) is 0 Å². The van der Waals surface area contributed by atoms with Crippen LogP contribution in [-0.4, -0.2) is 18.3 Å². The molecule has 1 saturated heterocycles. The fourth-order valence-corrected chi connectivity index (χ4v) is 3.06. The second-order valence-corrected chi connectivity index (χ2v) is 7.85. The molecule has 1 heterocycles. The van der Waals surface area contributed by atoms with Crippen LogP contribution in [-0.2, 0) is 15.9 Å². The first-order valence-electron chi connectivity index (χ1n) is 8.83. The zero-order valence-corrected chi connectivity index (χ0v) is 16.1. The standard InChI is InChI=1S/C21H27BO3/c1-15-12-18(22-24-20(3,4)21(5,6)25-22)13-16(2)19(15)23-14-17-10-8-7-9-11-17/h7-13H,14H2,1-6H3. The van der Waals surface area contributed by atoms with Gasteiger partial charge in [0.25, 0.3) is 0 Å². The number of ether oxygens (including phenoxy) is 1. The number of aryl methyl sites for hydroxylation is 2. The molecule has 25 heavy (non-hydrogen) atoms. The van der Waals surface area contributed by atoms with Crippen LogP contribution in [0.5, 0.6) is 5.75 Å². The largest absolute Gasteiger partial charge is 0.494 e. The third kappa shape index (κ3) is 3.60. The highest BCUT2D eigenvalue weighted by molar-refractivity contribution is 6.62. The minimum absolute atomic E-state index is 0.331. The van der Waals surface area contributed by atoms with E-state index in [9.17, 15) is 0 Å². The van der Waals surface area contributed by atoms with Crippen LogP contribution in [0.3, 0.4) is 0 Å². The van der Waals surface area contributed by atoms with Gasteiger partial charge in [-0.25, -0.2) is 0 Å². The normalized spacial score (nSPS) is 18.4. The molecule has 1 aliphatic rings. The average Bonchev–Trinajstić information content (AvgIpc) is 2.75. The smallest absolute Gasteiger partial charge is 0.488 e. The Labute approximate surface area is 151 Å². The summed E-state index contributed by atoms with van der Waals surface area (Å²) in [5.74, 6) is 0.934. The van der Waals surface area contributed by atoms with E-state index in [0.717, 1.165) is 27.9 Å². The molecule has 4 heteroatoms. The molecular weight excluding hydrogens is 311 g/mol. The zero-order chi connectivity index (χ0) is 18.2. The van der Waals surface area contributed by atoms with Crippen molar-refractivity contribution in [2.45, 2.75) is 59.4 Å². The second kappa shape index (κ2) is 6.51. The van der Waals surface area contributed by atoms with E-state index in [-0.39, 0.29) is 18.3 Å². The first-order chi connectivity index (χ1) is 11.7. The van der Waals surface area contributed by atoms with E-state index in [1.54, 1.807) is 0 Å². The number of hydrogen-bond acceptors (Lipinski definition) is 3. The van der Waals surface area contributed by atoms with Crippen molar-refractivity contribution in [1.82, 2.24) is 0 Å². The van der Waals surface area contributed by atoms with Crippen LogP contribution in [0, 0.1) is 13.8 Å². The molecule has 0 bridgehead atoms. The summed E-state index contributed by atoms with van der Waals surface area (Å²) < 4.78 is 18.4. The van der Waals surface area contributed by atoms with Crippen LogP contribution in [0.15, 0.2) is 42.5 Å². The van der Waals surface area contributed by atoms with Gasteiger partial charge >= 0.3 is 7.12 Å². The van der Waals surface area contributed by atoms with E-state index in [4.69, 9.17) is 14.0 Å². The summed E-state index contributed by atoms with van der Waals surface area (Å²) in [6, 6.07) is 14.4. The van der Waals surface area contributed by atoms with Crippen molar-refractivity contribution in [3.63, 3.8) is 0 Å². The van der Waals surface area contributed by atoms with Crippen molar-refractivity contribution in [3.8, 4) is 5.75 Å². The van der Waals surface area contributed by atoms with Gasteiger partial charge in [-0.1, -0.05) is 42.5 Å². The van der Waals surface area contributed by atoms with Crippen LogP contribution < -0.4 is 10.2 Å². The molecule has 0 saturated carbocycles. The Morgan fingerprint density at radius 2 is 1.40 bits per heavy atom. The summed E-state index contributed by atoms with van der Waals surface area (Å²) in [5, 5.41) is 0. The highest BCUT2D eigenvalue weighted by Crippen LogP contribution is 2.37. The SMILES string of the molecule is Cc1cc(B2OC(C)(C)C(C)(C)O2)cc(C)c1OCc1ccccc1. The van der Waals surface area contributed by atoms with Crippen molar-refractivity contribution in [1.29, 1.82) is 0 Å². The lowest BCUT2D eigenvalue weighted by molar-refractivity contribution is 0.00578. The van der Waals surface area contributed by atoms with Crippen LogP contribution in [0.25, 0.3) is 0 Å². The Hall–Kier alpha value is -1.78. The molecular formula is C21H27BO3. The topological polar surface area (TPSA) is 27.7 Å². The monoisotopic (exact) mass is 338 g/mol. The van der Waals surface area contributed by atoms with Gasteiger partial charge in [0.1, 0.15) is 12.4 Å². The molecule has 0 spiro atoms. The van der Waals surface area contributed by atoms with E-state index in [1.807, 2.05) is 18.2 Å². The highest BCUT2D eigenvalue weighted by Gasteiger charge is 2.51. The Balaban J connectivity index is 1.79. The first-order valence-corrected chi connectivity index (χ1v) is 8.83. The maximum Gasteiger partial charge on any atom is 0.494 e. The summed E-state index contributed by atoms with van der Waals surface area (Å²) >= 11 is 0. The summed E-state index contributed by atoms with van der Waals surface area (Å²) in [5.41, 5.74) is 3.74. The molecule has 2 aromatic rings. The quantitative estimate of drug-likeness (QED) is 0.783. The van der Waals surface area contributed by atoms with Gasteiger partial charge in [-0.05, 0) is 63.7 Å². The molecule has 1 aliphatic heterocycles. The Morgan fingerprint density at radius 3 is 1.92 bits per heavy atom. The Bertz CT molecular complexity index is 714. The van der Waals surface area contributed by atoms with Gasteiger partial charge < -0.3 is 14.0 Å². The molecule has 0 aromatic heterocycles. The first kappa shape index (κ1) is 18.0. The highest BCUT2D eigenvalue weighted by atomic mass is 16.7. The zero-order valence-electron chi connectivity index (χ0n) is 16.1. The van der Waals surface area contributed by atoms with Gasteiger partial charge in [0.05, 0.1) is 11.2 Å². The third-order valence-corrected chi connectivity index (χ3v) is 5.23. The molecule has 0 atom stereocenters. The maximum absolute atomic E-state index is 6.17. The predicted molar refractivity (Wildman–Crippen MR) is 102 cm³/mol. The van der Waals surface area contributed by atoms with Crippen molar-refractivity contribution in [3.05, 3.63) is 59.2 Å².